The molecule has 0 radical (unpaired) electrons. The van der Waals surface area contributed by atoms with E-state index in [1.807, 2.05) is 38.1 Å². The lowest BCUT2D eigenvalue weighted by atomic mass is 9.99. The van der Waals surface area contributed by atoms with Crippen LogP contribution in [0.4, 0.5) is 0 Å². The first-order valence-corrected chi connectivity index (χ1v) is 9.07. The van der Waals surface area contributed by atoms with Crippen LogP contribution in [0.2, 0.25) is 0 Å². The van der Waals surface area contributed by atoms with Crippen LogP contribution in [0.15, 0.2) is 41.8 Å². The average Bonchev–Trinajstić information content (AvgIpc) is 3.20. The van der Waals surface area contributed by atoms with Gasteiger partial charge >= 0.3 is 0 Å². The summed E-state index contributed by atoms with van der Waals surface area (Å²) in [6.45, 7) is 4.81. The summed E-state index contributed by atoms with van der Waals surface area (Å²) in [5.74, 6) is 0.333. The van der Waals surface area contributed by atoms with E-state index in [0.29, 0.717) is 5.56 Å². The molecule has 0 atom stereocenters. The molecule has 1 amide bonds. The Balaban J connectivity index is 2.11. The third-order valence-electron chi connectivity index (χ3n) is 4.57. The number of rotatable bonds is 6. The molecule has 3 rings (SSSR count). The maximum atomic E-state index is 12.2. The maximum absolute atomic E-state index is 12.2. The van der Waals surface area contributed by atoms with E-state index in [2.05, 4.69) is 22.1 Å². The zero-order valence-corrected chi connectivity index (χ0v) is 15.5. The average molecular weight is 354 g/mol. The number of ether oxygens (including phenoxy) is 1. The Morgan fingerprint density at radius 1 is 1.16 bits per heavy atom. The number of carbonyl (C=O) groups is 1. The van der Waals surface area contributed by atoms with Crippen LogP contribution in [0, 0.1) is 13.8 Å². The summed E-state index contributed by atoms with van der Waals surface area (Å²) in [5, 5.41) is 2.08. The second-order valence-electron chi connectivity index (χ2n) is 5.97. The van der Waals surface area contributed by atoms with Crippen molar-refractivity contribution >= 4 is 17.2 Å². The highest BCUT2D eigenvalue weighted by Crippen LogP contribution is 2.37. The Hall–Kier alpha value is -2.53. The summed E-state index contributed by atoms with van der Waals surface area (Å²) in [7, 11) is 1.64. The minimum atomic E-state index is -0.406. The zero-order chi connectivity index (χ0) is 18.0. The molecule has 2 N–H and O–H groups in total. The highest BCUT2D eigenvalue weighted by atomic mass is 32.1. The number of aromatic nitrogens is 1. The molecule has 0 fully saturated rings. The van der Waals surface area contributed by atoms with Crippen molar-refractivity contribution in [2.45, 2.75) is 26.8 Å². The van der Waals surface area contributed by atoms with Gasteiger partial charge in [0.05, 0.1) is 12.7 Å². The lowest BCUT2D eigenvalue weighted by molar-refractivity contribution is 0.1000. The molecule has 2 aromatic heterocycles. The van der Waals surface area contributed by atoms with Gasteiger partial charge in [0.1, 0.15) is 5.75 Å². The van der Waals surface area contributed by atoms with Crippen molar-refractivity contribution in [2.24, 2.45) is 5.73 Å². The van der Waals surface area contributed by atoms with Crippen molar-refractivity contribution in [3.05, 3.63) is 63.6 Å². The molecule has 4 nitrogen and oxygen atoms in total. The molecule has 0 saturated carbocycles. The molecule has 25 heavy (non-hydrogen) atoms. The van der Waals surface area contributed by atoms with Crippen LogP contribution >= 0.6 is 11.3 Å². The van der Waals surface area contributed by atoms with Gasteiger partial charge < -0.3 is 15.0 Å². The third kappa shape index (κ3) is 3.20. The normalized spacial score (nSPS) is 10.8. The number of benzene rings is 1. The van der Waals surface area contributed by atoms with Gasteiger partial charge in [-0.1, -0.05) is 24.3 Å². The molecule has 0 saturated heterocycles. The number of primary amides is 1. The molecular formula is C20H22N2O2S. The fourth-order valence-corrected chi connectivity index (χ4v) is 4.08. The molecule has 0 spiro atoms. The molecule has 2 heterocycles. The second kappa shape index (κ2) is 7.15. The van der Waals surface area contributed by atoms with Crippen molar-refractivity contribution in [3.63, 3.8) is 0 Å². The number of thiophene rings is 1. The summed E-state index contributed by atoms with van der Waals surface area (Å²) in [6.07, 6.45) is 0.928. The molecule has 0 aliphatic heterocycles. The van der Waals surface area contributed by atoms with Gasteiger partial charge in [-0.2, -0.15) is 0 Å². The summed E-state index contributed by atoms with van der Waals surface area (Å²) in [6, 6.07) is 11.9. The molecule has 3 aromatic rings. The molecule has 0 aliphatic rings. The Morgan fingerprint density at radius 3 is 2.56 bits per heavy atom. The SMILES string of the molecule is COc1ccccc1-c1c(C(N)=O)c(C)n(CCc2cccs2)c1C. The number of methoxy groups -OCH3 is 1. The number of nitrogens with zero attached hydrogens (tertiary/aromatic N) is 1. The Morgan fingerprint density at radius 2 is 1.92 bits per heavy atom. The fourth-order valence-electron chi connectivity index (χ4n) is 3.38. The number of para-hydroxylation sites is 1. The Labute approximate surface area is 151 Å². The number of nitrogens with two attached hydrogens (primary N) is 1. The van der Waals surface area contributed by atoms with E-state index in [1.165, 1.54) is 4.88 Å². The standard InChI is InChI=1S/C20H22N2O2S/c1-13-18(16-8-4-5-9-17(16)24-3)19(20(21)23)14(2)22(13)11-10-15-7-6-12-25-15/h4-9,12H,10-11H2,1-3H3,(H2,21,23). The lowest BCUT2D eigenvalue weighted by Crippen LogP contribution is -2.14. The van der Waals surface area contributed by atoms with Crippen LogP contribution in [-0.4, -0.2) is 17.6 Å². The second-order valence-corrected chi connectivity index (χ2v) is 7.00. The molecule has 0 unspecified atom stereocenters. The minimum Gasteiger partial charge on any atom is -0.496 e. The quantitative estimate of drug-likeness (QED) is 0.722. The zero-order valence-electron chi connectivity index (χ0n) is 14.7. The summed E-state index contributed by atoms with van der Waals surface area (Å²) < 4.78 is 7.68. The van der Waals surface area contributed by atoms with Crippen molar-refractivity contribution in [1.29, 1.82) is 0 Å². The molecule has 5 heteroatoms. The van der Waals surface area contributed by atoms with E-state index in [4.69, 9.17) is 10.5 Å². The predicted octanol–water partition coefficient (Wildman–Crippen LogP) is 4.18. The number of amides is 1. The molecule has 0 aliphatic carbocycles. The van der Waals surface area contributed by atoms with Gasteiger partial charge in [-0.15, -0.1) is 11.3 Å². The monoisotopic (exact) mass is 354 g/mol. The Kier molecular flexibility index (Phi) is 4.95. The largest absolute Gasteiger partial charge is 0.496 e. The van der Waals surface area contributed by atoms with Crippen molar-refractivity contribution in [3.8, 4) is 16.9 Å². The molecular weight excluding hydrogens is 332 g/mol. The number of hydrogen-bond acceptors (Lipinski definition) is 3. The summed E-state index contributed by atoms with van der Waals surface area (Å²) in [4.78, 5) is 13.5. The topological polar surface area (TPSA) is 57.2 Å². The van der Waals surface area contributed by atoms with Crippen LogP contribution in [0.1, 0.15) is 26.6 Å². The number of aryl methyl sites for hydroxylation is 1. The van der Waals surface area contributed by atoms with E-state index in [9.17, 15) is 4.79 Å². The van der Waals surface area contributed by atoms with Crippen molar-refractivity contribution < 1.29 is 9.53 Å². The first-order valence-electron chi connectivity index (χ1n) is 8.19. The fraction of sp³-hybridized carbons (Fsp3) is 0.250. The van der Waals surface area contributed by atoms with Crippen molar-refractivity contribution in [1.82, 2.24) is 4.57 Å². The highest BCUT2D eigenvalue weighted by molar-refractivity contribution is 7.09. The highest BCUT2D eigenvalue weighted by Gasteiger charge is 2.24. The predicted molar refractivity (Wildman–Crippen MR) is 102 cm³/mol. The van der Waals surface area contributed by atoms with Gasteiger partial charge in [0.15, 0.2) is 0 Å². The smallest absolute Gasteiger partial charge is 0.251 e. The van der Waals surface area contributed by atoms with Gasteiger partial charge in [-0.05, 0) is 37.8 Å². The first-order chi connectivity index (χ1) is 12.0. The van der Waals surface area contributed by atoms with E-state index in [-0.39, 0.29) is 0 Å². The lowest BCUT2D eigenvalue weighted by Gasteiger charge is -2.11. The van der Waals surface area contributed by atoms with Crippen LogP contribution in [0.5, 0.6) is 5.75 Å². The van der Waals surface area contributed by atoms with Gasteiger partial charge in [0.2, 0.25) is 0 Å². The molecule has 1 aromatic carbocycles. The summed E-state index contributed by atoms with van der Waals surface area (Å²) in [5.41, 5.74) is 10.0. The van der Waals surface area contributed by atoms with E-state index in [1.54, 1.807) is 18.4 Å². The van der Waals surface area contributed by atoms with Crippen molar-refractivity contribution in [2.75, 3.05) is 7.11 Å². The van der Waals surface area contributed by atoms with Gasteiger partial charge in [-0.3, -0.25) is 4.79 Å². The van der Waals surface area contributed by atoms with Crippen LogP contribution in [0.3, 0.4) is 0 Å². The number of hydrogen-bond donors (Lipinski definition) is 1. The van der Waals surface area contributed by atoms with Gasteiger partial charge in [-0.25, -0.2) is 0 Å². The maximum Gasteiger partial charge on any atom is 0.251 e. The third-order valence-corrected chi connectivity index (χ3v) is 5.50. The van der Waals surface area contributed by atoms with E-state index >= 15 is 0 Å². The van der Waals surface area contributed by atoms with Crippen LogP contribution in [0.25, 0.3) is 11.1 Å². The van der Waals surface area contributed by atoms with E-state index in [0.717, 1.165) is 41.2 Å². The minimum absolute atomic E-state index is 0.406. The molecule has 0 bridgehead atoms. The van der Waals surface area contributed by atoms with Crippen LogP contribution in [-0.2, 0) is 13.0 Å². The van der Waals surface area contributed by atoms with Crippen LogP contribution < -0.4 is 10.5 Å². The Bertz CT molecular complexity index is 895. The van der Waals surface area contributed by atoms with Gasteiger partial charge in [0.25, 0.3) is 5.91 Å². The van der Waals surface area contributed by atoms with E-state index < -0.39 is 5.91 Å². The molecule has 130 valence electrons. The first kappa shape index (κ1) is 17.3. The van der Waals surface area contributed by atoms with Gasteiger partial charge in [0, 0.05) is 33.9 Å². The number of carbonyl (C=O) groups excluding carboxylic acids is 1. The summed E-state index contributed by atoms with van der Waals surface area (Å²) >= 11 is 1.75.